The highest BCUT2D eigenvalue weighted by Crippen LogP contribution is 2.40. The minimum Gasteiger partial charge on any atom is -0.324 e. The van der Waals surface area contributed by atoms with Crippen LogP contribution in [0.4, 0.5) is 24.8 Å². The number of hydrogen-bond donors (Lipinski definition) is 1. The average Bonchev–Trinajstić information content (AvgIpc) is 2.62. The van der Waals surface area contributed by atoms with Gasteiger partial charge in [-0.1, -0.05) is 19.3 Å². The second-order valence-corrected chi connectivity index (χ2v) is 9.43. The molecule has 1 aromatic carbocycles. The molecule has 5 nitrogen and oxygen atoms in total. The molecular weight excluding hydrogens is 415 g/mol. The molecule has 0 saturated heterocycles. The molecule has 1 aliphatic carbocycles. The summed E-state index contributed by atoms with van der Waals surface area (Å²) in [6.07, 6.45) is 0.402. The predicted octanol–water partition coefficient (Wildman–Crippen LogP) is 5.52. The number of alkyl halides is 3. The van der Waals surface area contributed by atoms with E-state index in [0.717, 1.165) is 25.5 Å². The Morgan fingerprint density at radius 1 is 1.18 bits per heavy atom. The Labute approximate surface area is 165 Å². The molecule has 152 valence electrons. The lowest BCUT2D eigenvalue weighted by molar-refractivity contribution is -0.139. The highest BCUT2D eigenvalue weighted by Gasteiger charge is 2.37. The second-order valence-electron chi connectivity index (χ2n) is 6.86. The number of hydrogen-bond acceptors (Lipinski definition) is 5. The minimum atomic E-state index is -4.52. The van der Waals surface area contributed by atoms with E-state index in [1.165, 1.54) is 18.2 Å². The summed E-state index contributed by atoms with van der Waals surface area (Å²) in [5, 5.41) is 2.88. The summed E-state index contributed by atoms with van der Waals surface area (Å²) < 4.78 is 63.1. The molecule has 10 heteroatoms. The summed E-state index contributed by atoms with van der Waals surface area (Å²) in [5.41, 5.74) is 0.246. The topological polar surface area (TPSA) is 72.0 Å². The number of benzene rings is 1. The number of rotatable bonds is 4. The van der Waals surface area contributed by atoms with Gasteiger partial charge in [-0.05, 0) is 43.5 Å². The molecule has 1 N–H and O–H groups in total. The first-order valence-electron chi connectivity index (χ1n) is 8.82. The second kappa shape index (κ2) is 7.87. The van der Waals surface area contributed by atoms with E-state index in [4.69, 9.17) is 10.7 Å². The Morgan fingerprint density at radius 2 is 1.86 bits per heavy atom. The van der Waals surface area contributed by atoms with E-state index < -0.39 is 20.8 Å². The maximum absolute atomic E-state index is 13.4. The zero-order chi connectivity index (χ0) is 20.5. The van der Waals surface area contributed by atoms with Crippen molar-refractivity contribution in [2.24, 2.45) is 0 Å². The van der Waals surface area contributed by atoms with Crippen LogP contribution in [0.3, 0.4) is 0 Å². The van der Waals surface area contributed by atoms with Crippen molar-refractivity contribution in [1.82, 2.24) is 9.97 Å². The molecule has 1 aromatic heterocycles. The van der Waals surface area contributed by atoms with Gasteiger partial charge in [-0.25, -0.2) is 18.4 Å². The molecule has 0 unspecified atom stereocenters. The number of aryl methyl sites for hydroxylation is 1. The maximum atomic E-state index is 13.4. The highest BCUT2D eigenvalue weighted by molar-refractivity contribution is 8.13. The van der Waals surface area contributed by atoms with E-state index >= 15 is 0 Å². The van der Waals surface area contributed by atoms with Gasteiger partial charge in [0.15, 0.2) is 0 Å². The van der Waals surface area contributed by atoms with Crippen molar-refractivity contribution in [2.45, 2.75) is 56.0 Å². The van der Waals surface area contributed by atoms with Gasteiger partial charge in [0.05, 0.1) is 16.2 Å². The van der Waals surface area contributed by atoms with Gasteiger partial charge < -0.3 is 5.32 Å². The Morgan fingerprint density at radius 3 is 2.43 bits per heavy atom. The van der Waals surface area contributed by atoms with E-state index in [0.29, 0.717) is 24.1 Å². The van der Waals surface area contributed by atoms with Crippen LogP contribution in [0.2, 0.25) is 0 Å². The summed E-state index contributed by atoms with van der Waals surface area (Å²) in [5.74, 6) is -0.211. The fourth-order valence-corrected chi connectivity index (χ4v) is 4.25. The summed E-state index contributed by atoms with van der Waals surface area (Å²) in [4.78, 5) is 7.94. The van der Waals surface area contributed by atoms with Crippen LogP contribution >= 0.6 is 10.7 Å². The van der Waals surface area contributed by atoms with Crippen molar-refractivity contribution in [3.8, 4) is 0 Å². The first-order valence-corrected chi connectivity index (χ1v) is 11.1. The van der Waals surface area contributed by atoms with Gasteiger partial charge >= 0.3 is 6.18 Å². The lowest BCUT2D eigenvalue weighted by Gasteiger charge is -2.24. The molecule has 3 rings (SSSR count). The SMILES string of the molecule is Cc1cc(S(=O)(=O)Cl)ccc1Nc1ncc(C(F)(F)F)c(C2CCCCC2)n1. The van der Waals surface area contributed by atoms with Crippen molar-refractivity contribution in [3.63, 3.8) is 0 Å². The number of nitrogens with one attached hydrogen (secondary N) is 1. The average molecular weight is 434 g/mol. The summed E-state index contributed by atoms with van der Waals surface area (Å²) in [7, 11) is 1.46. The van der Waals surface area contributed by atoms with Crippen LogP contribution < -0.4 is 5.32 Å². The molecule has 28 heavy (non-hydrogen) atoms. The van der Waals surface area contributed by atoms with Gasteiger partial charge in [0.2, 0.25) is 5.95 Å². The molecule has 2 aromatic rings. The third-order valence-electron chi connectivity index (χ3n) is 4.84. The fourth-order valence-electron chi connectivity index (χ4n) is 3.41. The fraction of sp³-hybridized carbons (Fsp3) is 0.444. The Kier molecular flexibility index (Phi) is 5.86. The molecule has 0 aliphatic heterocycles. The lowest BCUT2D eigenvalue weighted by Crippen LogP contribution is -2.17. The minimum absolute atomic E-state index is 0.0160. The highest BCUT2D eigenvalue weighted by atomic mass is 35.7. The van der Waals surface area contributed by atoms with Crippen LogP contribution in [0.1, 0.15) is 54.8 Å². The van der Waals surface area contributed by atoms with Crippen molar-refractivity contribution in [1.29, 1.82) is 0 Å². The first kappa shape index (κ1) is 20.9. The largest absolute Gasteiger partial charge is 0.419 e. The van der Waals surface area contributed by atoms with Gasteiger partial charge in [-0.15, -0.1) is 0 Å². The Balaban J connectivity index is 1.95. The summed E-state index contributed by atoms with van der Waals surface area (Å²) >= 11 is 0. The van der Waals surface area contributed by atoms with Crippen molar-refractivity contribution in [3.05, 3.63) is 41.2 Å². The molecule has 1 fully saturated rings. The molecule has 0 bridgehead atoms. The predicted molar refractivity (Wildman–Crippen MR) is 100 cm³/mol. The van der Waals surface area contributed by atoms with Gasteiger partial charge in [0, 0.05) is 28.5 Å². The Hall–Kier alpha value is -1.87. The van der Waals surface area contributed by atoms with Crippen LogP contribution in [0.15, 0.2) is 29.3 Å². The van der Waals surface area contributed by atoms with Gasteiger partial charge in [-0.3, -0.25) is 0 Å². The summed E-state index contributed by atoms with van der Waals surface area (Å²) in [6, 6.07) is 4.16. The van der Waals surface area contributed by atoms with Crippen LogP contribution in [0.25, 0.3) is 0 Å². The number of nitrogens with zero attached hydrogens (tertiary/aromatic N) is 2. The molecular formula is C18H19ClF3N3O2S. The summed E-state index contributed by atoms with van der Waals surface area (Å²) in [6.45, 7) is 1.65. The number of halogens is 4. The molecule has 1 aliphatic rings. The van der Waals surface area contributed by atoms with E-state index in [2.05, 4.69) is 15.3 Å². The van der Waals surface area contributed by atoms with Crippen LogP contribution in [-0.2, 0) is 15.2 Å². The van der Waals surface area contributed by atoms with Crippen LogP contribution in [0.5, 0.6) is 0 Å². The van der Waals surface area contributed by atoms with E-state index in [1.54, 1.807) is 6.92 Å². The van der Waals surface area contributed by atoms with Crippen molar-refractivity contribution in [2.75, 3.05) is 5.32 Å². The van der Waals surface area contributed by atoms with Crippen molar-refractivity contribution >= 4 is 31.4 Å². The normalized spacial score (nSPS) is 16.2. The molecule has 0 atom stereocenters. The van der Waals surface area contributed by atoms with Gasteiger partial charge in [0.1, 0.15) is 0 Å². The van der Waals surface area contributed by atoms with Crippen molar-refractivity contribution < 1.29 is 21.6 Å². The quantitative estimate of drug-likeness (QED) is 0.642. The molecule has 1 saturated carbocycles. The van der Waals surface area contributed by atoms with E-state index in [9.17, 15) is 21.6 Å². The third-order valence-corrected chi connectivity index (χ3v) is 6.19. The number of anilines is 2. The Bertz CT molecular complexity index is 975. The smallest absolute Gasteiger partial charge is 0.324 e. The molecule has 1 heterocycles. The maximum Gasteiger partial charge on any atom is 0.419 e. The lowest BCUT2D eigenvalue weighted by atomic mass is 9.85. The van der Waals surface area contributed by atoms with Gasteiger partial charge in [0.25, 0.3) is 9.05 Å². The van der Waals surface area contributed by atoms with Gasteiger partial charge in [-0.2, -0.15) is 13.2 Å². The molecule has 0 radical (unpaired) electrons. The van der Waals surface area contributed by atoms with Crippen LogP contribution in [-0.4, -0.2) is 18.4 Å². The first-order chi connectivity index (χ1) is 13.1. The van der Waals surface area contributed by atoms with E-state index in [-0.39, 0.29) is 22.5 Å². The zero-order valence-corrected chi connectivity index (χ0v) is 16.6. The third kappa shape index (κ3) is 4.75. The monoisotopic (exact) mass is 433 g/mol. The molecule has 0 spiro atoms. The zero-order valence-electron chi connectivity index (χ0n) is 15.1. The number of aromatic nitrogens is 2. The van der Waals surface area contributed by atoms with Crippen LogP contribution in [0, 0.1) is 6.92 Å². The van der Waals surface area contributed by atoms with E-state index in [1.807, 2.05) is 0 Å². The molecule has 0 amide bonds. The standard InChI is InChI=1S/C18H19ClF3N3O2S/c1-11-9-13(28(19,26)27)7-8-15(11)24-17-23-10-14(18(20,21)22)16(25-17)12-5-3-2-4-6-12/h7-10,12H,2-6H2,1H3,(H,23,24,25).